The first kappa shape index (κ1) is 11.3. The van der Waals surface area contributed by atoms with E-state index in [4.69, 9.17) is 9.84 Å². The Balaban J connectivity index is 1.85. The minimum atomic E-state index is -0.911. The van der Waals surface area contributed by atoms with Gasteiger partial charge in [-0.2, -0.15) is 0 Å². The quantitative estimate of drug-likeness (QED) is 0.804. The fourth-order valence-corrected chi connectivity index (χ4v) is 3.08. The van der Waals surface area contributed by atoms with E-state index in [0.717, 1.165) is 4.90 Å². The fourth-order valence-electron chi connectivity index (χ4n) is 1.22. The summed E-state index contributed by atoms with van der Waals surface area (Å²) in [5.74, 6) is -0.278. The summed E-state index contributed by atoms with van der Waals surface area (Å²) in [6, 6.07) is 1.63. The molecule has 1 aromatic rings. The minimum Gasteiger partial charge on any atom is -0.477 e. The van der Waals surface area contributed by atoms with E-state index in [-0.39, 0.29) is 12.2 Å². The van der Waals surface area contributed by atoms with Crippen LogP contribution in [0, 0.1) is 0 Å². The first-order chi connectivity index (χ1) is 7.65. The average Bonchev–Trinajstić information content (AvgIpc) is 2.83. The van der Waals surface area contributed by atoms with E-state index in [9.17, 15) is 9.59 Å². The maximum Gasteiger partial charge on any atom is 0.407 e. The third-order valence-electron chi connectivity index (χ3n) is 1.97. The van der Waals surface area contributed by atoms with Crippen molar-refractivity contribution in [2.45, 2.75) is 11.0 Å². The van der Waals surface area contributed by atoms with Gasteiger partial charge >= 0.3 is 12.1 Å². The molecule has 1 aliphatic rings. The second kappa shape index (κ2) is 4.75. The van der Waals surface area contributed by atoms with E-state index >= 15 is 0 Å². The van der Waals surface area contributed by atoms with Gasteiger partial charge in [0.15, 0.2) is 0 Å². The molecule has 0 bridgehead atoms. The highest BCUT2D eigenvalue weighted by atomic mass is 32.2. The van der Waals surface area contributed by atoms with Gasteiger partial charge < -0.3 is 15.2 Å². The molecule has 86 valence electrons. The minimum absolute atomic E-state index is 0.134. The van der Waals surface area contributed by atoms with Crippen LogP contribution in [0.25, 0.3) is 0 Å². The molecule has 16 heavy (non-hydrogen) atoms. The number of ether oxygens (including phenoxy) is 1. The monoisotopic (exact) mass is 259 g/mol. The van der Waals surface area contributed by atoms with Crippen molar-refractivity contribution in [3.63, 3.8) is 0 Å². The molecule has 0 aliphatic carbocycles. The molecule has 7 heteroatoms. The second-order valence-corrected chi connectivity index (χ2v) is 5.18. The molecule has 0 radical (unpaired) electrons. The molecule has 2 heterocycles. The molecule has 1 aromatic heterocycles. The van der Waals surface area contributed by atoms with Gasteiger partial charge in [0.2, 0.25) is 0 Å². The number of rotatable bonds is 4. The van der Waals surface area contributed by atoms with Crippen LogP contribution in [0.1, 0.15) is 9.67 Å². The maximum absolute atomic E-state index is 10.7. The number of hydrogen-bond donors (Lipinski definition) is 2. The average molecular weight is 259 g/mol. The lowest BCUT2D eigenvalue weighted by Gasteiger charge is -2.05. The summed E-state index contributed by atoms with van der Waals surface area (Å²) in [6.45, 7) is 0.516. The fraction of sp³-hybridized carbons (Fsp3) is 0.333. The zero-order valence-corrected chi connectivity index (χ0v) is 9.77. The molecule has 5 nitrogen and oxygen atoms in total. The van der Waals surface area contributed by atoms with Crippen molar-refractivity contribution in [1.29, 1.82) is 0 Å². The number of thioether (sulfide) groups is 1. The summed E-state index contributed by atoms with van der Waals surface area (Å²) in [6.07, 6.45) is -0.521. The molecule has 1 unspecified atom stereocenters. The first-order valence-electron chi connectivity index (χ1n) is 4.54. The van der Waals surface area contributed by atoms with Crippen molar-refractivity contribution < 1.29 is 19.4 Å². The zero-order valence-electron chi connectivity index (χ0n) is 8.13. The standard InChI is InChI=1S/C9H9NO4S2/c11-8(12)7-1-6(4-16-7)15-3-5-2-10-9(13)14-5/h1,4-5H,2-3H2,(H,10,13)(H,11,12). The van der Waals surface area contributed by atoms with Gasteiger partial charge in [-0.25, -0.2) is 9.59 Å². The Labute approximate surface area is 99.8 Å². The molecule has 0 saturated carbocycles. The zero-order chi connectivity index (χ0) is 11.5. The molecule has 1 saturated heterocycles. The number of carboxylic acids is 1. The number of carboxylic acid groups (broad SMARTS) is 1. The number of cyclic esters (lactones) is 1. The summed E-state index contributed by atoms with van der Waals surface area (Å²) < 4.78 is 4.95. The summed E-state index contributed by atoms with van der Waals surface area (Å²) in [7, 11) is 0. The van der Waals surface area contributed by atoms with E-state index < -0.39 is 5.97 Å². The number of aromatic carboxylic acids is 1. The van der Waals surface area contributed by atoms with E-state index in [1.165, 1.54) is 23.1 Å². The van der Waals surface area contributed by atoms with Crippen LogP contribution < -0.4 is 5.32 Å². The van der Waals surface area contributed by atoms with Crippen molar-refractivity contribution in [2.75, 3.05) is 12.3 Å². The highest BCUT2D eigenvalue weighted by Gasteiger charge is 2.22. The number of amides is 1. The van der Waals surface area contributed by atoms with Gasteiger partial charge in [0.25, 0.3) is 0 Å². The van der Waals surface area contributed by atoms with Gasteiger partial charge in [-0.05, 0) is 6.07 Å². The van der Waals surface area contributed by atoms with Crippen LogP contribution in [-0.2, 0) is 4.74 Å². The molecule has 1 atom stereocenters. The largest absolute Gasteiger partial charge is 0.477 e. The van der Waals surface area contributed by atoms with Gasteiger partial charge in [0.1, 0.15) is 11.0 Å². The number of carbonyl (C=O) groups is 2. The Kier molecular flexibility index (Phi) is 3.35. The molecule has 2 N–H and O–H groups in total. The summed E-state index contributed by atoms with van der Waals surface area (Å²) in [4.78, 5) is 22.6. The molecule has 0 spiro atoms. The van der Waals surface area contributed by atoms with Crippen LogP contribution >= 0.6 is 23.1 Å². The highest BCUT2D eigenvalue weighted by Crippen LogP contribution is 2.26. The van der Waals surface area contributed by atoms with Crippen molar-refractivity contribution >= 4 is 35.2 Å². The molecule has 1 aliphatic heterocycles. The molecule has 0 aromatic carbocycles. The Morgan fingerprint density at radius 2 is 2.56 bits per heavy atom. The van der Waals surface area contributed by atoms with Crippen molar-refractivity contribution in [3.8, 4) is 0 Å². The number of carbonyl (C=O) groups excluding carboxylic acids is 1. The Morgan fingerprint density at radius 3 is 3.12 bits per heavy atom. The van der Waals surface area contributed by atoms with Crippen molar-refractivity contribution in [2.24, 2.45) is 0 Å². The first-order valence-corrected chi connectivity index (χ1v) is 6.41. The smallest absolute Gasteiger partial charge is 0.407 e. The Morgan fingerprint density at radius 1 is 1.75 bits per heavy atom. The number of thiophene rings is 1. The topological polar surface area (TPSA) is 75.6 Å². The number of nitrogens with one attached hydrogen (secondary N) is 1. The molecular formula is C9H9NO4S2. The third-order valence-corrected chi connectivity index (χ3v) is 4.14. The van der Waals surface area contributed by atoms with Crippen LogP contribution in [-0.4, -0.2) is 35.6 Å². The molecule has 2 rings (SSSR count). The van der Waals surface area contributed by atoms with Gasteiger partial charge in [-0.15, -0.1) is 23.1 Å². The third kappa shape index (κ3) is 2.67. The van der Waals surface area contributed by atoms with Crippen LogP contribution in [0.2, 0.25) is 0 Å². The highest BCUT2D eigenvalue weighted by molar-refractivity contribution is 7.99. The number of hydrogen-bond acceptors (Lipinski definition) is 5. The van der Waals surface area contributed by atoms with Gasteiger partial charge in [-0.1, -0.05) is 0 Å². The normalized spacial score (nSPS) is 19.2. The summed E-state index contributed by atoms with van der Waals surface area (Å²) >= 11 is 2.68. The Hall–Kier alpha value is -1.21. The van der Waals surface area contributed by atoms with Gasteiger partial charge in [-0.3, -0.25) is 0 Å². The lowest BCUT2D eigenvalue weighted by atomic mass is 10.4. The maximum atomic E-state index is 10.7. The van der Waals surface area contributed by atoms with E-state index in [2.05, 4.69) is 5.32 Å². The predicted molar refractivity (Wildman–Crippen MR) is 60.3 cm³/mol. The predicted octanol–water partition coefficient (Wildman–Crippen LogP) is 1.65. The SMILES string of the molecule is O=C1NCC(CSc2csc(C(=O)O)c2)O1. The van der Waals surface area contributed by atoms with Crippen LogP contribution in [0.3, 0.4) is 0 Å². The van der Waals surface area contributed by atoms with Crippen molar-refractivity contribution in [1.82, 2.24) is 5.32 Å². The van der Waals surface area contributed by atoms with Crippen LogP contribution in [0.4, 0.5) is 4.79 Å². The van der Waals surface area contributed by atoms with Gasteiger partial charge in [0.05, 0.1) is 6.54 Å². The van der Waals surface area contributed by atoms with Crippen LogP contribution in [0.5, 0.6) is 0 Å². The lowest BCUT2D eigenvalue weighted by Crippen LogP contribution is -2.16. The van der Waals surface area contributed by atoms with E-state index in [0.29, 0.717) is 17.2 Å². The molecule has 1 amide bonds. The summed E-state index contributed by atoms with van der Waals surface area (Å²) in [5, 5.41) is 13.1. The lowest BCUT2D eigenvalue weighted by molar-refractivity contribution is 0.0702. The van der Waals surface area contributed by atoms with Crippen molar-refractivity contribution in [3.05, 3.63) is 16.3 Å². The molecule has 1 fully saturated rings. The molecular weight excluding hydrogens is 250 g/mol. The summed E-state index contributed by atoms with van der Waals surface area (Å²) in [5.41, 5.74) is 0. The Bertz CT molecular complexity index is 417. The van der Waals surface area contributed by atoms with Crippen LogP contribution in [0.15, 0.2) is 16.3 Å². The van der Waals surface area contributed by atoms with E-state index in [1.807, 2.05) is 0 Å². The number of alkyl carbamates (subject to hydrolysis) is 1. The van der Waals surface area contributed by atoms with E-state index in [1.54, 1.807) is 11.4 Å². The second-order valence-electron chi connectivity index (χ2n) is 3.17. The van der Waals surface area contributed by atoms with Gasteiger partial charge in [0, 0.05) is 16.0 Å².